The lowest BCUT2D eigenvalue weighted by molar-refractivity contribution is -0.119. The maximum absolute atomic E-state index is 14.7. The molecule has 0 unspecified atom stereocenters. The summed E-state index contributed by atoms with van der Waals surface area (Å²) in [5, 5.41) is 2.60. The van der Waals surface area contributed by atoms with Crippen LogP contribution in [0.3, 0.4) is 0 Å². The molecular weight excluding hydrogens is 431 g/mol. The minimum atomic E-state index is -0.593. The van der Waals surface area contributed by atoms with Crippen LogP contribution in [0.1, 0.15) is 30.1 Å². The molecule has 0 radical (unpaired) electrons. The van der Waals surface area contributed by atoms with Gasteiger partial charge in [0, 0.05) is 56.9 Å². The van der Waals surface area contributed by atoms with Crippen LogP contribution in [0.5, 0.6) is 5.75 Å². The van der Waals surface area contributed by atoms with Crippen molar-refractivity contribution in [2.45, 2.75) is 32.0 Å². The van der Waals surface area contributed by atoms with Crippen LogP contribution in [0.25, 0.3) is 0 Å². The number of rotatable bonds is 6. The van der Waals surface area contributed by atoms with Gasteiger partial charge in [0.25, 0.3) is 5.91 Å². The molecule has 0 saturated carbocycles. The Hall–Kier alpha value is -3.69. The first-order chi connectivity index (χ1) is 15.9. The molecule has 2 saturated heterocycles. The van der Waals surface area contributed by atoms with E-state index >= 15 is 0 Å². The number of hydrogen-bond acceptors (Lipinski definition) is 6. The highest BCUT2D eigenvalue weighted by molar-refractivity contribution is 5.94. The number of hydrogen-bond donors (Lipinski definition) is 1. The van der Waals surface area contributed by atoms with E-state index in [4.69, 9.17) is 9.47 Å². The summed E-state index contributed by atoms with van der Waals surface area (Å²) in [7, 11) is 0. The Morgan fingerprint density at radius 1 is 1.21 bits per heavy atom. The highest BCUT2D eigenvalue weighted by atomic mass is 19.1. The van der Waals surface area contributed by atoms with Gasteiger partial charge in [-0.05, 0) is 24.3 Å². The summed E-state index contributed by atoms with van der Waals surface area (Å²) in [4.78, 5) is 42.7. The van der Waals surface area contributed by atoms with Crippen LogP contribution >= 0.6 is 0 Å². The van der Waals surface area contributed by atoms with Crippen molar-refractivity contribution >= 4 is 23.6 Å². The molecule has 9 nitrogen and oxygen atoms in total. The van der Waals surface area contributed by atoms with Gasteiger partial charge in [-0.1, -0.05) is 0 Å². The van der Waals surface area contributed by atoms with Crippen LogP contribution in [-0.2, 0) is 9.53 Å². The molecule has 174 valence electrons. The van der Waals surface area contributed by atoms with E-state index in [9.17, 15) is 18.8 Å². The van der Waals surface area contributed by atoms with E-state index in [2.05, 4.69) is 10.3 Å². The molecule has 4 rings (SSSR count). The summed E-state index contributed by atoms with van der Waals surface area (Å²) in [5.74, 6) is -0.758. The van der Waals surface area contributed by atoms with Crippen LogP contribution in [0.15, 0.2) is 42.7 Å². The average molecular weight is 456 g/mol. The van der Waals surface area contributed by atoms with E-state index in [1.54, 1.807) is 35.5 Å². The summed E-state index contributed by atoms with van der Waals surface area (Å²) in [6.07, 6.45) is 3.03. The third-order valence-electron chi connectivity index (χ3n) is 5.63. The average Bonchev–Trinajstić information content (AvgIpc) is 3.20. The normalized spacial score (nSPS) is 18.7. The summed E-state index contributed by atoms with van der Waals surface area (Å²) in [5.41, 5.74) is 0.943. The van der Waals surface area contributed by atoms with Gasteiger partial charge < -0.3 is 19.7 Å². The standard InChI is InChI=1S/C23H25FN4O5/c1-15(29)26-13-19-14-28(23(31)33-19)17-2-3-21(20(24)12-17)32-18-6-10-27(11-7-18)22(30)16-4-8-25-9-5-16/h2-5,8-9,12,18-19H,6-7,10-11,13-14H2,1H3,(H,26,29)/t19-/m0/s1. The van der Waals surface area contributed by atoms with E-state index in [-0.39, 0.29) is 36.8 Å². The number of pyridine rings is 1. The summed E-state index contributed by atoms with van der Waals surface area (Å²) in [6, 6.07) is 7.69. The number of anilines is 1. The molecule has 1 aromatic heterocycles. The molecular formula is C23H25FN4O5. The molecule has 33 heavy (non-hydrogen) atoms. The molecule has 0 spiro atoms. The SMILES string of the molecule is CC(=O)NC[C@H]1CN(c2ccc(OC3CCN(C(=O)c4ccncc4)CC3)c(F)c2)C(=O)O1. The highest BCUT2D eigenvalue weighted by Crippen LogP contribution is 2.29. The van der Waals surface area contributed by atoms with E-state index in [0.717, 1.165) is 0 Å². The highest BCUT2D eigenvalue weighted by Gasteiger charge is 2.33. The Labute approximate surface area is 190 Å². The maximum Gasteiger partial charge on any atom is 0.414 e. The van der Waals surface area contributed by atoms with Crippen molar-refractivity contribution < 1.29 is 28.2 Å². The molecule has 2 aromatic rings. The lowest BCUT2D eigenvalue weighted by atomic mass is 10.1. The van der Waals surface area contributed by atoms with Crippen molar-refractivity contribution in [2.24, 2.45) is 0 Å². The number of carbonyl (C=O) groups excluding carboxylic acids is 3. The molecule has 1 N–H and O–H groups in total. The number of benzene rings is 1. The predicted octanol–water partition coefficient (Wildman–Crippen LogP) is 2.37. The fraction of sp³-hybridized carbons (Fsp3) is 0.391. The first-order valence-corrected chi connectivity index (χ1v) is 10.8. The van der Waals surface area contributed by atoms with Gasteiger partial charge in [-0.2, -0.15) is 0 Å². The number of nitrogens with zero attached hydrogens (tertiary/aromatic N) is 3. The summed E-state index contributed by atoms with van der Waals surface area (Å²) in [6.45, 7) is 2.82. The van der Waals surface area contributed by atoms with Gasteiger partial charge in [0.2, 0.25) is 5.91 Å². The zero-order valence-electron chi connectivity index (χ0n) is 18.2. The van der Waals surface area contributed by atoms with E-state index in [0.29, 0.717) is 37.2 Å². The molecule has 2 aliphatic rings. The number of ether oxygens (including phenoxy) is 2. The van der Waals surface area contributed by atoms with Crippen LogP contribution < -0.4 is 15.0 Å². The van der Waals surface area contributed by atoms with Gasteiger partial charge in [0.05, 0.1) is 18.8 Å². The number of aromatic nitrogens is 1. The van der Waals surface area contributed by atoms with Crippen LogP contribution in [-0.4, -0.2) is 66.2 Å². The Bertz CT molecular complexity index is 1030. The largest absolute Gasteiger partial charge is 0.487 e. The Kier molecular flexibility index (Phi) is 6.71. The third kappa shape index (κ3) is 5.39. The van der Waals surface area contributed by atoms with Gasteiger partial charge in [0.1, 0.15) is 12.2 Å². The Morgan fingerprint density at radius 3 is 2.61 bits per heavy atom. The number of carbonyl (C=O) groups is 3. The minimum Gasteiger partial charge on any atom is -0.487 e. The Morgan fingerprint density at radius 2 is 1.94 bits per heavy atom. The lowest BCUT2D eigenvalue weighted by Gasteiger charge is -2.32. The van der Waals surface area contributed by atoms with Crippen LogP contribution in [0.2, 0.25) is 0 Å². The van der Waals surface area contributed by atoms with Crippen molar-refractivity contribution in [3.05, 3.63) is 54.1 Å². The number of nitrogens with one attached hydrogen (secondary N) is 1. The molecule has 1 atom stereocenters. The molecule has 2 aliphatic heterocycles. The van der Waals surface area contributed by atoms with Crippen LogP contribution in [0.4, 0.5) is 14.9 Å². The third-order valence-corrected chi connectivity index (χ3v) is 5.63. The summed E-state index contributed by atoms with van der Waals surface area (Å²) >= 11 is 0. The van der Waals surface area contributed by atoms with E-state index in [1.165, 1.54) is 24.0 Å². The monoisotopic (exact) mass is 456 g/mol. The zero-order chi connectivity index (χ0) is 23.4. The van der Waals surface area contributed by atoms with Crippen molar-refractivity contribution in [1.29, 1.82) is 0 Å². The molecule has 0 bridgehead atoms. The van der Waals surface area contributed by atoms with Crippen molar-refractivity contribution in [3.63, 3.8) is 0 Å². The Balaban J connectivity index is 1.32. The van der Waals surface area contributed by atoms with Gasteiger partial charge in [-0.3, -0.25) is 19.5 Å². The topological polar surface area (TPSA) is 101 Å². The van der Waals surface area contributed by atoms with Crippen LogP contribution in [0, 0.1) is 5.82 Å². The number of likely N-dealkylation sites (tertiary alicyclic amines) is 1. The van der Waals surface area contributed by atoms with Gasteiger partial charge >= 0.3 is 6.09 Å². The van der Waals surface area contributed by atoms with Gasteiger partial charge in [-0.25, -0.2) is 9.18 Å². The first kappa shape index (κ1) is 22.5. The predicted molar refractivity (Wildman–Crippen MR) is 116 cm³/mol. The maximum atomic E-state index is 14.7. The minimum absolute atomic E-state index is 0.0549. The lowest BCUT2D eigenvalue weighted by Crippen LogP contribution is -2.41. The van der Waals surface area contributed by atoms with E-state index < -0.39 is 18.0 Å². The second-order valence-electron chi connectivity index (χ2n) is 8.01. The fourth-order valence-corrected chi connectivity index (χ4v) is 3.88. The fourth-order valence-electron chi connectivity index (χ4n) is 3.88. The van der Waals surface area contributed by atoms with Gasteiger partial charge in [-0.15, -0.1) is 0 Å². The molecule has 3 heterocycles. The van der Waals surface area contributed by atoms with E-state index in [1.807, 2.05) is 0 Å². The molecule has 3 amide bonds. The molecule has 1 aromatic carbocycles. The smallest absolute Gasteiger partial charge is 0.414 e. The molecule has 10 heteroatoms. The summed E-state index contributed by atoms with van der Waals surface area (Å²) < 4.78 is 25.8. The number of halogens is 1. The van der Waals surface area contributed by atoms with Crippen molar-refractivity contribution in [3.8, 4) is 5.75 Å². The molecule has 0 aliphatic carbocycles. The first-order valence-electron chi connectivity index (χ1n) is 10.8. The second kappa shape index (κ2) is 9.85. The zero-order valence-corrected chi connectivity index (χ0v) is 18.2. The van der Waals surface area contributed by atoms with Crippen molar-refractivity contribution in [2.75, 3.05) is 31.1 Å². The molecule has 2 fully saturated rings. The number of amides is 3. The number of cyclic esters (lactones) is 1. The second-order valence-corrected chi connectivity index (χ2v) is 8.01. The van der Waals surface area contributed by atoms with Gasteiger partial charge in [0.15, 0.2) is 11.6 Å². The number of piperidine rings is 1. The quantitative estimate of drug-likeness (QED) is 0.716. The van der Waals surface area contributed by atoms with Crippen molar-refractivity contribution in [1.82, 2.24) is 15.2 Å².